The Labute approximate surface area is 248 Å². The van der Waals surface area contributed by atoms with Crippen LogP contribution in [0.25, 0.3) is 0 Å². The molecule has 0 saturated heterocycles. The van der Waals surface area contributed by atoms with E-state index in [4.69, 9.17) is 14.2 Å². The molecule has 1 atom stereocenters. The highest BCUT2D eigenvalue weighted by atomic mass is 16.6. The van der Waals surface area contributed by atoms with Crippen LogP contribution in [-0.4, -0.2) is 47.4 Å². The number of carbonyl (C=O) groups is 4. The molecular formula is C33H44N2O7. The Balaban J connectivity index is 2.09. The van der Waals surface area contributed by atoms with Gasteiger partial charge in [-0.2, -0.15) is 0 Å². The van der Waals surface area contributed by atoms with Crippen LogP contribution in [-0.2, 0) is 30.3 Å². The lowest BCUT2D eigenvalue weighted by Gasteiger charge is -2.40. The first-order valence-corrected chi connectivity index (χ1v) is 14.4. The highest BCUT2D eigenvalue weighted by molar-refractivity contribution is 6.00. The van der Waals surface area contributed by atoms with E-state index in [-0.39, 0.29) is 18.4 Å². The Morgan fingerprint density at radius 3 is 2.26 bits per heavy atom. The minimum Gasteiger partial charge on any atom is -0.476 e. The summed E-state index contributed by atoms with van der Waals surface area (Å²) < 4.78 is 16.6. The van der Waals surface area contributed by atoms with Gasteiger partial charge < -0.3 is 24.4 Å². The van der Waals surface area contributed by atoms with Crippen molar-refractivity contribution < 1.29 is 33.4 Å². The summed E-state index contributed by atoms with van der Waals surface area (Å²) in [7, 11) is 0. The van der Waals surface area contributed by atoms with E-state index in [1.807, 2.05) is 47.6 Å². The largest absolute Gasteiger partial charge is 0.476 e. The van der Waals surface area contributed by atoms with E-state index in [1.165, 1.54) is 6.92 Å². The Morgan fingerprint density at radius 1 is 1.00 bits per heavy atom. The van der Waals surface area contributed by atoms with Gasteiger partial charge in [0.25, 0.3) is 5.91 Å². The number of benzene rings is 2. The van der Waals surface area contributed by atoms with Crippen LogP contribution in [0.3, 0.4) is 0 Å². The van der Waals surface area contributed by atoms with Crippen molar-refractivity contribution in [1.29, 1.82) is 0 Å². The van der Waals surface area contributed by atoms with Crippen LogP contribution in [0.4, 0.5) is 5.69 Å². The number of esters is 2. The minimum atomic E-state index is -1.26. The quantitative estimate of drug-likeness (QED) is 0.297. The van der Waals surface area contributed by atoms with Crippen LogP contribution < -0.4 is 14.8 Å². The van der Waals surface area contributed by atoms with Crippen molar-refractivity contribution in [3.63, 3.8) is 0 Å². The number of nitrogens with one attached hydrogen (secondary N) is 1. The van der Waals surface area contributed by atoms with E-state index < -0.39 is 29.0 Å². The Hall–Kier alpha value is -3.88. The molecule has 9 heteroatoms. The monoisotopic (exact) mass is 580 g/mol. The highest BCUT2D eigenvalue weighted by Crippen LogP contribution is 2.39. The second-order valence-corrected chi connectivity index (χ2v) is 12.0. The molecular weight excluding hydrogens is 536 g/mol. The second kappa shape index (κ2) is 12.5. The fourth-order valence-electron chi connectivity index (χ4n) is 5.03. The molecule has 2 aromatic rings. The summed E-state index contributed by atoms with van der Waals surface area (Å²) in [5.74, 6) is -0.566. The van der Waals surface area contributed by atoms with Crippen molar-refractivity contribution in [2.24, 2.45) is 5.41 Å². The molecule has 1 N–H and O–H groups in total. The maximum atomic E-state index is 14.2. The molecule has 0 aliphatic carbocycles. The number of amides is 2. The number of fused-ring (bicyclic) bond motifs is 1. The van der Waals surface area contributed by atoms with E-state index in [2.05, 4.69) is 5.32 Å². The van der Waals surface area contributed by atoms with Crippen molar-refractivity contribution in [1.82, 2.24) is 4.90 Å². The van der Waals surface area contributed by atoms with Crippen molar-refractivity contribution in [2.45, 2.75) is 93.7 Å². The average molecular weight is 581 g/mol. The summed E-state index contributed by atoms with van der Waals surface area (Å²) in [5, 5.41) is 3.05. The molecule has 1 aliphatic heterocycles. The molecule has 42 heavy (non-hydrogen) atoms. The van der Waals surface area contributed by atoms with Gasteiger partial charge in [0.05, 0.1) is 6.61 Å². The molecule has 0 bridgehead atoms. The van der Waals surface area contributed by atoms with Crippen molar-refractivity contribution in [2.75, 3.05) is 18.5 Å². The summed E-state index contributed by atoms with van der Waals surface area (Å²) in [6.07, 6.45) is 1.18. The van der Waals surface area contributed by atoms with Crippen LogP contribution in [0.2, 0.25) is 0 Å². The molecule has 9 nitrogen and oxygen atoms in total. The van der Waals surface area contributed by atoms with E-state index >= 15 is 0 Å². The fourth-order valence-corrected chi connectivity index (χ4v) is 5.03. The number of hydrogen-bond donors (Lipinski definition) is 1. The number of ether oxygens (including phenoxy) is 3. The molecule has 2 amide bonds. The molecule has 0 saturated carbocycles. The van der Waals surface area contributed by atoms with Gasteiger partial charge in [-0.3, -0.25) is 14.4 Å². The van der Waals surface area contributed by atoms with Gasteiger partial charge in [0.2, 0.25) is 5.91 Å². The van der Waals surface area contributed by atoms with E-state index in [0.29, 0.717) is 47.7 Å². The SMILES string of the molecule is CCOC(=O)C(C)(C)Oc1ccc2c(c1)[C@@H](C(=O)Nc1cc(C)c(OC(C)=O)c(C)c1C)N(C(=O)C(C)(C)CC)CC2. The maximum absolute atomic E-state index is 14.2. The lowest BCUT2D eigenvalue weighted by molar-refractivity contribution is -0.158. The summed E-state index contributed by atoms with van der Waals surface area (Å²) in [6, 6.07) is 6.23. The van der Waals surface area contributed by atoms with Gasteiger partial charge in [-0.1, -0.05) is 26.8 Å². The zero-order chi connectivity index (χ0) is 31.6. The maximum Gasteiger partial charge on any atom is 0.349 e. The lowest BCUT2D eigenvalue weighted by Crippen LogP contribution is -2.49. The zero-order valence-electron chi connectivity index (χ0n) is 26.5. The molecule has 0 fully saturated rings. The van der Waals surface area contributed by atoms with Crippen LogP contribution in [0.15, 0.2) is 24.3 Å². The Morgan fingerprint density at radius 2 is 1.67 bits per heavy atom. The second-order valence-electron chi connectivity index (χ2n) is 12.0. The standard InChI is InChI=1S/C33H44N2O7/c1-11-32(7,8)30(38)35-16-15-23-13-14-24(42-33(9,10)31(39)40-12-2)18-25(23)27(35)29(37)34-26-17-19(3)28(41-22(6)36)21(5)20(26)4/h13-14,17-18,27H,11-12,15-16H2,1-10H3,(H,34,37)/t27-/m0/s1. The minimum absolute atomic E-state index is 0.122. The molecule has 2 aromatic carbocycles. The third kappa shape index (κ3) is 6.77. The Kier molecular flexibility index (Phi) is 9.75. The lowest BCUT2D eigenvalue weighted by atomic mass is 9.84. The zero-order valence-corrected chi connectivity index (χ0v) is 26.5. The van der Waals surface area contributed by atoms with Crippen LogP contribution >= 0.6 is 0 Å². The molecule has 1 heterocycles. The molecule has 0 spiro atoms. The van der Waals surface area contributed by atoms with Crippen LogP contribution in [0, 0.1) is 26.2 Å². The number of anilines is 1. The number of aryl methyl sites for hydroxylation is 1. The Bertz CT molecular complexity index is 1390. The van der Waals surface area contributed by atoms with Gasteiger partial charge >= 0.3 is 11.9 Å². The van der Waals surface area contributed by atoms with Crippen molar-refractivity contribution in [3.05, 3.63) is 52.1 Å². The van der Waals surface area contributed by atoms with E-state index in [9.17, 15) is 19.2 Å². The predicted molar refractivity (Wildman–Crippen MR) is 161 cm³/mol. The van der Waals surface area contributed by atoms with Crippen molar-refractivity contribution in [3.8, 4) is 11.5 Å². The first-order valence-electron chi connectivity index (χ1n) is 14.4. The molecule has 3 rings (SSSR count). The normalized spacial score (nSPS) is 15.0. The summed E-state index contributed by atoms with van der Waals surface area (Å²) in [5.41, 5.74) is 2.38. The first-order chi connectivity index (χ1) is 19.5. The van der Waals surface area contributed by atoms with Crippen LogP contribution in [0.1, 0.15) is 88.7 Å². The molecule has 1 aliphatic rings. The molecule has 0 unspecified atom stereocenters. The molecule has 228 valence electrons. The van der Waals surface area contributed by atoms with Gasteiger partial charge in [0.15, 0.2) is 5.60 Å². The average Bonchev–Trinajstić information content (AvgIpc) is 2.92. The van der Waals surface area contributed by atoms with Gasteiger partial charge in [-0.15, -0.1) is 0 Å². The number of carbonyl (C=O) groups excluding carboxylic acids is 4. The summed E-state index contributed by atoms with van der Waals surface area (Å²) >= 11 is 0. The number of rotatable bonds is 9. The molecule has 0 radical (unpaired) electrons. The topological polar surface area (TPSA) is 111 Å². The fraction of sp³-hybridized carbons (Fsp3) is 0.515. The van der Waals surface area contributed by atoms with Gasteiger partial charge in [0, 0.05) is 24.6 Å². The first kappa shape index (κ1) is 32.6. The van der Waals surface area contributed by atoms with Gasteiger partial charge in [-0.25, -0.2) is 4.79 Å². The summed E-state index contributed by atoms with van der Waals surface area (Å²) in [4.78, 5) is 53.8. The van der Waals surface area contributed by atoms with Gasteiger partial charge in [-0.05, 0) is 100 Å². The van der Waals surface area contributed by atoms with Gasteiger partial charge in [0.1, 0.15) is 17.5 Å². The highest BCUT2D eigenvalue weighted by Gasteiger charge is 2.41. The van der Waals surface area contributed by atoms with E-state index in [1.54, 1.807) is 43.9 Å². The summed E-state index contributed by atoms with van der Waals surface area (Å²) in [6.45, 7) is 18.1. The third-order valence-electron chi connectivity index (χ3n) is 7.99. The number of nitrogens with zero attached hydrogens (tertiary/aromatic N) is 1. The number of hydrogen-bond acceptors (Lipinski definition) is 7. The van der Waals surface area contributed by atoms with E-state index in [0.717, 1.165) is 16.7 Å². The van der Waals surface area contributed by atoms with Crippen molar-refractivity contribution >= 4 is 29.4 Å². The third-order valence-corrected chi connectivity index (χ3v) is 7.99. The predicted octanol–water partition coefficient (Wildman–Crippen LogP) is 5.76. The smallest absolute Gasteiger partial charge is 0.349 e. The van der Waals surface area contributed by atoms with Crippen LogP contribution in [0.5, 0.6) is 11.5 Å². The molecule has 0 aromatic heterocycles.